The molecule has 2 N–H and O–H groups in total. The number of morpholine rings is 1. The standard InChI is InChI=1S/C12H18N2O2/c1-15-12-7-10(6-11(13)8-12)9-14-2-4-16-5-3-14/h6-8H,2-5,9,13H2,1H3. The number of nitrogens with zero attached hydrogens (tertiary/aromatic N) is 1. The van der Waals surface area contributed by atoms with E-state index in [2.05, 4.69) is 4.90 Å². The summed E-state index contributed by atoms with van der Waals surface area (Å²) in [6.07, 6.45) is 0. The monoisotopic (exact) mass is 222 g/mol. The molecule has 4 nitrogen and oxygen atoms in total. The van der Waals surface area contributed by atoms with Crippen LogP contribution < -0.4 is 10.5 Å². The fourth-order valence-corrected chi connectivity index (χ4v) is 1.91. The Morgan fingerprint density at radius 1 is 1.31 bits per heavy atom. The molecule has 0 atom stereocenters. The molecule has 2 rings (SSSR count). The molecule has 0 radical (unpaired) electrons. The molecule has 88 valence electrons. The second-order valence-corrected chi connectivity index (χ2v) is 4.00. The van der Waals surface area contributed by atoms with Gasteiger partial charge in [-0.25, -0.2) is 0 Å². The highest BCUT2D eigenvalue weighted by molar-refractivity contribution is 5.47. The summed E-state index contributed by atoms with van der Waals surface area (Å²) in [7, 11) is 1.66. The third-order valence-electron chi connectivity index (χ3n) is 2.73. The van der Waals surface area contributed by atoms with Gasteiger partial charge < -0.3 is 15.2 Å². The molecule has 1 saturated heterocycles. The lowest BCUT2D eigenvalue weighted by Crippen LogP contribution is -2.35. The second-order valence-electron chi connectivity index (χ2n) is 4.00. The molecule has 1 aliphatic rings. The summed E-state index contributed by atoms with van der Waals surface area (Å²) in [4.78, 5) is 2.36. The first kappa shape index (κ1) is 11.2. The molecular weight excluding hydrogens is 204 g/mol. The SMILES string of the molecule is COc1cc(N)cc(CN2CCOCC2)c1. The smallest absolute Gasteiger partial charge is 0.121 e. The molecule has 16 heavy (non-hydrogen) atoms. The van der Waals surface area contributed by atoms with Gasteiger partial charge in [0.2, 0.25) is 0 Å². The highest BCUT2D eigenvalue weighted by Gasteiger charge is 2.11. The molecule has 0 saturated carbocycles. The molecule has 0 bridgehead atoms. The van der Waals surface area contributed by atoms with Crippen molar-refractivity contribution in [1.82, 2.24) is 4.90 Å². The lowest BCUT2D eigenvalue weighted by atomic mass is 10.1. The van der Waals surface area contributed by atoms with Gasteiger partial charge in [-0.2, -0.15) is 0 Å². The van der Waals surface area contributed by atoms with Crippen LogP contribution in [0.1, 0.15) is 5.56 Å². The maximum Gasteiger partial charge on any atom is 0.121 e. The zero-order valence-corrected chi connectivity index (χ0v) is 9.61. The van der Waals surface area contributed by atoms with Gasteiger partial charge >= 0.3 is 0 Å². The average Bonchev–Trinajstić information content (AvgIpc) is 2.29. The Hall–Kier alpha value is -1.26. The predicted molar refractivity (Wildman–Crippen MR) is 63.5 cm³/mol. The van der Waals surface area contributed by atoms with Gasteiger partial charge in [0, 0.05) is 31.4 Å². The van der Waals surface area contributed by atoms with Crippen LogP contribution in [0.3, 0.4) is 0 Å². The lowest BCUT2D eigenvalue weighted by molar-refractivity contribution is 0.0342. The van der Waals surface area contributed by atoms with E-state index in [1.165, 1.54) is 5.56 Å². The number of hydrogen-bond acceptors (Lipinski definition) is 4. The van der Waals surface area contributed by atoms with Crippen molar-refractivity contribution in [2.75, 3.05) is 39.1 Å². The molecule has 4 heteroatoms. The first-order chi connectivity index (χ1) is 7.78. The largest absolute Gasteiger partial charge is 0.497 e. The van der Waals surface area contributed by atoms with Crippen LogP contribution in [0.25, 0.3) is 0 Å². The molecule has 1 aliphatic heterocycles. The van der Waals surface area contributed by atoms with E-state index in [1.807, 2.05) is 18.2 Å². The number of anilines is 1. The van der Waals surface area contributed by atoms with Crippen molar-refractivity contribution >= 4 is 5.69 Å². The number of nitrogens with two attached hydrogens (primary N) is 1. The summed E-state index contributed by atoms with van der Waals surface area (Å²) in [6, 6.07) is 5.87. The summed E-state index contributed by atoms with van der Waals surface area (Å²) in [6.45, 7) is 4.51. The normalized spacial score (nSPS) is 17.3. The van der Waals surface area contributed by atoms with Gasteiger partial charge in [-0.15, -0.1) is 0 Å². The van der Waals surface area contributed by atoms with Crippen molar-refractivity contribution in [3.8, 4) is 5.75 Å². The molecule has 0 amide bonds. The first-order valence-corrected chi connectivity index (χ1v) is 5.51. The van der Waals surface area contributed by atoms with Crippen molar-refractivity contribution in [2.24, 2.45) is 0 Å². The molecule has 1 aromatic carbocycles. The van der Waals surface area contributed by atoms with Gasteiger partial charge in [0.1, 0.15) is 5.75 Å². The highest BCUT2D eigenvalue weighted by atomic mass is 16.5. The van der Waals surface area contributed by atoms with Crippen LogP contribution in [0, 0.1) is 0 Å². The van der Waals surface area contributed by atoms with Crippen molar-refractivity contribution in [3.63, 3.8) is 0 Å². The van der Waals surface area contributed by atoms with Crippen LogP contribution >= 0.6 is 0 Å². The van der Waals surface area contributed by atoms with Crippen molar-refractivity contribution in [3.05, 3.63) is 23.8 Å². The summed E-state index contributed by atoms with van der Waals surface area (Å²) in [5.41, 5.74) is 7.76. The van der Waals surface area contributed by atoms with Crippen LogP contribution in [0.4, 0.5) is 5.69 Å². The molecule has 1 heterocycles. The van der Waals surface area contributed by atoms with Gasteiger partial charge in [-0.05, 0) is 17.7 Å². The zero-order valence-electron chi connectivity index (χ0n) is 9.61. The molecule has 0 aliphatic carbocycles. The van der Waals surface area contributed by atoms with Crippen LogP contribution in [0.15, 0.2) is 18.2 Å². The third-order valence-corrected chi connectivity index (χ3v) is 2.73. The average molecular weight is 222 g/mol. The summed E-state index contributed by atoms with van der Waals surface area (Å²) in [5, 5.41) is 0. The van der Waals surface area contributed by atoms with E-state index < -0.39 is 0 Å². The van der Waals surface area contributed by atoms with Gasteiger partial charge in [0.05, 0.1) is 20.3 Å². The number of benzene rings is 1. The Morgan fingerprint density at radius 3 is 2.75 bits per heavy atom. The van der Waals surface area contributed by atoms with Crippen molar-refractivity contribution < 1.29 is 9.47 Å². The van der Waals surface area contributed by atoms with Crippen LogP contribution in [-0.4, -0.2) is 38.3 Å². The van der Waals surface area contributed by atoms with E-state index in [9.17, 15) is 0 Å². The fourth-order valence-electron chi connectivity index (χ4n) is 1.91. The number of rotatable bonds is 3. The Kier molecular flexibility index (Phi) is 3.64. The molecule has 0 spiro atoms. The Morgan fingerprint density at radius 2 is 2.06 bits per heavy atom. The number of nitrogen functional groups attached to an aromatic ring is 1. The Balaban J connectivity index is 2.04. The van der Waals surface area contributed by atoms with E-state index in [0.29, 0.717) is 0 Å². The van der Waals surface area contributed by atoms with Gasteiger partial charge in [-0.1, -0.05) is 0 Å². The summed E-state index contributed by atoms with van der Waals surface area (Å²) < 4.78 is 10.5. The fraction of sp³-hybridized carbons (Fsp3) is 0.500. The van der Waals surface area contributed by atoms with Crippen LogP contribution in [0.5, 0.6) is 5.75 Å². The van der Waals surface area contributed by atoms with Gasteiger partial charge in [0.25, 0.3) is 0 Å². The maximum atomic E-state index is 5.82. The summed E-state index contributed by atoms with van der Waals surface area (Å²) in [5.74, 6) is 0.822. The number of hydrogen-bond donors (Lipinski definition) is 1. The van der Waals surface area contributed by atoms with E-state index in [-0.39, 0.29) is 0 Å². The molecule has 0 unspecified atom stereocenters. The van der Waals surface area contributed by atoms with E-state index in [4.69, 9.17) is 15.2 Å². The minimum absolute atomic E-state index is 0.752. The third kappa shape index (κ3) is 2.87. The number of methoxy groups -OCH3 is 1. The van der Waals surface area contributed by atoms with Crippen molar-refractivity contribution in [2.45, 2.75) is 6.54 Å². The van der Waals surface area contributed by atoms with E-state index in [0.717, 1.165) is 44.3 Å². The Labute approximate surface area is 95.9 Å². The lowest BCUT2D eigenvalue weighted by Gasteiger charge is -2.26. The minimum atomic E-state index is 0.752. The minimum Gasteiger partial charge on any atom is -0.497 e. The quantitative estimate of drug-likeness (QED) is 0.778. The van der Waals surface area contributed by atoms with Crippen molar-refractivity contribution in [1.29, 1.82) is 0 Å². The molecule has 1 fully saturated rings. The van der Waals surface area contributed by atoms with Gasteiger partial charge in [0.15, 0.2) is 0 Å². The van der Waals surface area contributed by atoms with Crippen LogP contribution in [0.2, 0.25) is 0 Å². The van der Waals surface area contributed by atoms with Gasteiger partial charge in [-0.3, -0.25) is 4.90 Å². The van der Waals surface area contributed by atoms with E-state index in [1.54, 1.807) is 7.11 Å². The maximum absolute atomic E-state index is 5.82. The molecule has 0 aromatic heterocycles. The molecular formula is C12H18N2O2. The topological polar surface area (TPSA) is 47.7 Å². The Bertz CT molecular complexity index is 349. The highest BCUT2D eigenvalue weighted by Crippen LogP contribution is 2.19. The number of ether oxygens (including phenoxy) is 2. The zero-order chi connectivity index (χ0) is 11.4. The molecule has 1 aromatic rings. The van der Waals surface area contributed by atoms with E-state index >= 15 is 0 Å². The summed E-state index contributed by atoms with van der Waals surface area (Å²) >= 11 is 0. The first-order valence-electron chi connectivity index (χ1n) is 5.51. The van der Waals surface area contributed by atoms with Crippen LogP contribution in [-0.2, 0) is 11.3 Å². The second kappa shape index (κ2) is 5.18. The predicted octanol–water partition coefficient (Wildman–Crippen LogP) is 1.11.